The van der Waals surface area contributed by atoms with E-state index in [4.69, 9.17) is 0 Å². The van der Waals surface area contributed by atoms with Crippen LogP contribution in [-0.2, 0) is 30.7 Å². The molecule has 0 aliphatic rings. The van der Waals surface area contributed by atoms with Crippen molar-refractivity contribution >= 4 is 5.91 Å². The molecule has 0 spiro atoms. The summed E-state index contributed by atoms with van der Waals surface area (Å²) in [5, 5.41) is 3.01. The van der Waals surface area contributed by atoms with E-state index in [1.54, 1.807) is 6.20 Å². The van der Waals surface area contributed by atoms with Crippen molar-refractivity contribution in [2.75, 3.05) is 0 Å². The second kappa shape index (κ2) is 9.72. The van der Waals surface area contributed by atoms with Crippen molar-refractivity contribution in [2.24, 2.45) is 0 Å². The fourth-order valence-electron chi connectivity index (χ4n) is 3.01. The summed E-state index contributed by atoms with van der Waals surface area (Å²) in [5.74, 6) is 0.0544. The van der Waals surface area contributed by atoms with Gasteiger partial charge in [0.25, 0.3) is 0 Å². The molecule has 1 N–H and O–H groups in total. The Morgan fingerprint density at radius 2 is 1.63 bits per heavy atom. The molecule has 0 unspecified atom stereocenters. The van der Waals surface area contributed by atoms with Gasteiger partial charge >= 0.3 is 0 Å². The molecule has 0 aliphatic heterocycles. The van der Waals surface area contributed by atoms with Gasteiger partial charge < -0.3 is 9.88 Å². The monoisotopic (exact) mass is 361 g/mol. The molecule has 4 heteroatoms. The standard InChI is InChI=1S/C23H27N3O/c1-2-3-4-19-5-7-20(8-6-19)15-23(27)25-16-21-9-11-22(12-10-21)17-26-14-13-24-18-26/h5-14,18H,2-4,15-17H2,1H3,(H,25,27). The van der Waals surface area contributed by atoms with Crippen LogP contribution in [0.2, 0.25) is 0 Å². The Bertz CT molecular complexity index is 821. The number of aryl methyl sites for hydroxylation is 1. The summed E-state index contributed by atoms with van der Waals surface area (Å²) in [4.78, 5) is 16.3. The molecule has 1 aromatic heterocycles. The Labute approximate surface area is 161 Å². The van der Waals surface area contributed by atoms with Gasteiger partial charge in [-0.2, -0.15) is 0 Å². The third-order valence-corrected chi connectivity index (χ3v) is 4.64. The minimum Gasteiger partial charge on any atom is -0.352 e. The SMILES string of the molecule is CCCCc1ccc(CC(=O)NCc2ccc(Cn3ccnc3)cc2)cc1. The maximum absolute atomic E-state index is 12.2. The van der Waals surface area contributed by atoms with Gasteiger partial charge in [-0.05, 0) is 35.1 Å². The molecule has 3 rings (SSSR count). The fraction of sp³-hybridized carbons (Fsp3) is 0.304. The Morgan fingerprint density at radius 3 is 2.30 bits per heavy atom. The molecule has 3 aromatic rings. The van der Waals surface area contributed by atoms with Crippen molar-refractivity contribution in [1.82, 2.24) is 14.9 Å². The first-order chi connectivity index (χ1) is 13.2. The van der Waals surface area contributed by atoms with Crippen LogP contribution in [0.1, 0.15) is 42.0 Å². The largest absolute Gasteiger partial charge is 0.352 e. The van der Waals surface area contributed by atoms with Gasteiger partial charge in [0, 0.05) is 25.5 Å². The predicted molar refractivity (Wildman–Crippen MR) is 108 cm³/mol. The van der Waals surface area contributed by atoms with E-state index in [9.17, 15) is 4.79 Å². The van der Waals surface area contributed by atoms with Crippen molar-refractivity contribution in [3.8, 4) is 0 Å². The van der Waals surface area contributed by atoms with Crippen molar-refractivity contribution in [2.45, 2.75) is 45.7 Å². The normalized spacial score (nSPS) is 10.7. The average molecular weight is 361 g/mol. The zero-order chi connectivity index (χ0) is 18.9. The molecule has 0 aliphatic carbocycles. The van der Waals surface area contributed by atoms with E-state index in [2.05, 4.69) is 65.8 Å². The number of rotatable bonds is 9. The van der Waals surface area contributed by atoms with E-state index in [-0.39, 0.29) is 5.91 Å². The van der Waals surface area contributed by atoms with Crippen molar-refractivity contribution in [3.63, 3.8) is 0 Å². The summed E-state index contributed by atoms with van der Waals surface area (Å²) in [6.07, 6.45) is 9.49. The molecule has 0 saturated heterocycles. The van der Waals surface area contributed by atoms with Gasteiger partial charge in [0.05, 0.1) is 12.7 Å². The molecule has 1 amide bonds. The van der Waals surface area contributed by atoms with Gasteiger partial charge in [-0.1, -0.05) is 61.9 Å². The van der Waals surface area contributed by atoms with Gasteiger partial charge in [-0.3, -0.25) is 4.79 Å². The number of carbonyl (C=O) groups is 1. The Hall–Kier alpha value is -2.88. The first kappa shape index (κ1) is 18.9. The highest BCUT2D eigenvalue weighted by Gasteiger charge is 2.04. The molecule has 0 bridgehead atoms. The maximum atomic E-state index is 12.2. The highest BCUT2D eigenvalue weighted by Crippen LogP contribution is 2.09. The van der Waals surface area contributed by atoms with Crippen LogP contribution < -0.4 is 5.32 Å². The average Bonchev–Trinajstić information content (AvgIpc) is 3.20. The van der Waals surface area contributed by atoms with E-state index in [0.29, 0.717) is 13.0 Å². The van der Waals surface area contributed by atoms with E-state index in [1.807, 2.05) is 17.1 Å². The lowest BCUT2D eigenvalue weighted by molar-refractivity contribution is -0.120. The summed E-state index contributed by atoms with van der Waals surface area (Å²) in [7, 11) is 0. The van der Waals surface area contributed by atoms with Crippen LogP contribution in [0.3, 0.4) is 0 Å². The number of nitrogens with zero attached hydrogens (tertiary/aromatic N) is 2. The third kappa shape index (κ3) is 6.10. The van der Waals surface area contributed by atoms with E-state index < -0.39 is 0 Å². The Morgan fingerprint density at radius 1 is 0.963 bits per heavy atom. The quantitative estimate of drug-likeness (QED) is 0.623. The smallest absolute Gasteiger partial charge is 0.224 e. The minimum absolute atomic E-state index is 0.0544. The molecule has 0 saturated carbocycles. The van der Waals surface area contributed by atoms with E-state index >= 15 is 0 Å². The van der Waals surface area contributed by atoms with Gasteiger partial charge in [-0.15, -0.1) is 0 Å². The number of carbonyl (C=O) groups excluding carboxylic acids is 1. The number of nitrogens with one attached hydrogen (secondary N) is 1. The number of unbranched alkanes of at least 4 members (excludes halogenated alkanes) is 1. The third-order valence-electron chi connectivity index (χ3n) is 4.64. The minimum atomic E-state index is 0.0544. The van der Waals surface area contributed by atoms with E-state index in [1.165, 1.54) is 24.0 Å². The lowest BCUT2D eigenvalue weighted by Gasteiger charge is -2.08. The zero-order valence-corrected chi connectivity index (χ0v) is 15.9. The molecule has 1 heterocycles. The van der Waals surface area contributed by atoms with Gasteiger partial charge in [-0.25, -0.2) is 4.98 Å². The Balaban J connectivity index is 1.44. The van der Waals surface area contributed by atoms with Crippen LogP contribution in [-0.4, -0.2) is 15.5 Å². The lowest BCUT2D eigenvalue weighted by Crippen LogP contribution is -2.24. The lowest BCUT2D eigenvalue weighted by atomic mass is 10.0. The number of benzene rings is 2. The molecule has 4 nitrogen and oxygen atoms in total. The van der Waals surface area contributed by atoms with Crippen molar-refractivity contribution in [3.05, 3.63) is 89.5 Å². The van der Waals surface area contributed by atoms with Crippen LogP contribution in [0.15, 0.2) is 67.3 Å². The van der Waals surface area contributed by atoms with Crippen molar-refractivity contribution in [1.29, 1.82) is 0 Å². The van der Waals surface area contributed by atoms with E-state index in [0.717, 1.165) is 24.1 Å². The number of hydrogen-bond acceptors (Lipinski definition) is 2. The topological polar surface area (TPSA) is 46.9 Å². The molecular formula is C23H27N3O. The molecule has 27 heavy (non-hydrogen) atoms. The maximum Gasteiger partial charge on any atom is 0.224 e. The molecule has 0 fully saturated rings. The number of aromatic nitrogens is 2. The predicted octanol–water partition coefficient (Wildman–Crippen LogP) is 4.13. The van der Waals surface area contributed by atoms with Crippen LogP contribution in [0.5, 0.6) is 0 Å². The van der Waals surface area contributed by atoms with Crippen LogP contribution >= 0.6 is 0 Å². The first-order valence-electron chi connectivity index (χ1n) is 9.61. The molecule has 140 valence electrons. The zero-order valence-electron chi connectivity index (χ0n) is 15.9. The number of hydrogen-bond donors (Lipinski definition) is 1. The summed E-state index contributed by atoms with van der Waals surface area (Å²) in [6, 6.07) is 16.7. The molecular weight excluding hydrogens is 334 g/mol. The molecule has 0 atom stereocenters. The second-order valence-electron chi connectivity index (χ2n) is 6.93. The second-order valence-corrected chi connectivity index (χ2v) is 6.93. The van der Waals surface area contributed by atoms with Crippen LogP contribution in [0.4, 0.5) is 0 Å². The van der Waals surface area contributed by atoms with Gasteiger partial charge in [0.15, 0.2) is 0 Å². The summed E-state index contributed by atoms with van der Waals surface area (Å²) in [6.45, 7) is 3.56. The van der Waals surface area contributed by atoms with Crippen molar-refractivity contribution < 1.29 is 4.79 Å². The van der Waals surface area contributed by atoms with Gasteiger partial charge in [0.2, 0.25) is 5.91 Å². The van der Waals surface area contributed by atoms with Gasteiger partial charge in [0.1, 0.15) is 0 Å². The summed E-state index contributed by atoms with van der Waals surface area (Å²) in [5.41, 5.74) is 4.72. The summed E-state index contributed by atoms with van der Waals surface area (Å²) < 4.78 is 2.03. The molecule has 0 radical (unpaired) electrons. The first-order valence-corrected chi connectivity index (χ1v) is 9.61. The fourth-order valence-corrected chi connectivity index (χ4v) is 3.01. The number of amides is 1. The molecule has 2 aromatic carbocycles. The Kier molecular flexibility index (Phi) is 6.80. The highest BCUT2D eigenvalue weighted by molar-refractivity contribution is 5.78. The number of imidazole rings is 1. The summed E-state index contributed by atoms with van der Waals surface area (Å²) >= 11 is 0. The van der Waals surface area contributed by atoms with Crippen LogP contribution in [0.25, 0.3) is 0 Å². The highest BCUT2D eigenvalue weighted by atomic mass is 16.1. The van der Waals surface area contributed by atoms with Crippen LogP contribution in [0, 0.1) is 0 Å².